The molecule has 3 heterocycles. The topological polar surface area (TPSA) is 59.7 Å². The third-order valence-electron chi connectivity index (χ3n) is 3.75. The van der Waals surface area contributed by atoms with Crippen molar-refractivity contribution in [2.45, 2.75) is 37.5 Å². The molecule has 3 rings (SSSR count). The summed E-state index contributed by atoms with van der Waals surface area (Å²) >= 11 is 5.65. The number of rotatable bonds is 6. The van der Waals surface area contributed by atoms with E-state index in [0.717, 1.165) is 11.3 Å². The second-order valence-electron chi connectivity index (χ2n) is 5.94. The predicted octanol–water partition coefficient (Wildman–Crippen LogP) is 3.53. The van der Waals surface area contributed by atoms with Crippen molar-refractivity contribution in [3.8, 4) is 0 Å². The van der Waals surface area contributed by atoms with Crippen LogP contribution >= 0.6 is 22.9 Å². The highest BCUT2D eigenvalue weighted by Gasteiger charge is 2.42. The molecule has 1 fully saturated rings. The molecular formula is C14H14ClF5N4O2S. The summed E-state index contributed by atoms with van der Waals surface area (Å²) in [6.07, 6.45) is -6.39. The Labute approximate surface area is 161 Å². The van der Waals surface area contributed by atoms with E-state index in [1.54, 1.807) is 0 Å². The van der Waals surface area contributed by atoms with Crippen molar-refractivity contribution >= 4 is 33.8 Å². The maximum absolute atomic E-state index is 13.5. The van der Waals surface area contributed by atoms with Crippen LogP contribution in [0.5, 0.6) is 0 Å². The minimum Gasteiger partial charge on any atom is -0.377 e. The molecule has 0 N–H and O–H groups in total. The van der Waals surface area contributed by atoms with Crippen molar-refractivity contribution in [2.24, 2.45) is 5.92 Å². The quantitative estimate of drug-likeness (QED) is 0.515. The van der Waals surface area contributed by atoms with Gasteiger partial charge in [0.05, 0.1) is 21.5 Å². The number of amides is 1. The summed E-state index contributed by atoms with van der Waals surface area (Å²) < 4.78 is 88.8. The molecule has 0 radical (unpaired) electrons. The Morgan fingerprint density at radius 3 is 2.70 bits per heavy atom. The number of methoxy groups -OCH3 is 1. The first-order chi connectivity index (χ1) is 13.2. The van der Waals surface area contributed by atoms with E-state index in [1.165, 1.54) is 7.11 Å². The molecule has 13 heteroatoms. The number of ether oxygens (including phenoxy) is 1. The number of hydrogen-bond donors (Lipinski definition) is 0. The lowest BCUT2D eigenvalue weighted by Crippen LogP contribution is -2.27. The number of carbonyl (C=O) groups is 1. The van der Waals surface area contributed by atoms with Gasteiger partial charge in [-0.2, -0.15) is 27.1 Å². The van der Waals surface area contributed by atoms with Crippen molar-refractivity contribution in [3.63, 3.8) is 0 Å². The van der Waals surface area contributed by atoms with Crippen LogP contribution in [0.4, 0.5) is 22.0 Å². The Hall–Kier alpha value is -1.53. The Morgan fingerprint density at radius 1 is 1.41 bits per heavy atom. The van der Waals surface area contributed by atoms with E-state index < -0.39 is 60.7 Å². The summed E-state index contributed by atoms with van der Waals surface area (Å²) in [4.78, 5) is 16.0. The number of alkyl halides is 6. The lowest BCUT2D eigenvalue weighted by molar-refractivity contribution is -0.142. The number of carbonyl (C=O) groups excluding carboxylic acids is 1. The van der Waals surface area contributed by atoms with Crippen molar-refractivity contribution in [2.75, 3.05) is 13.7 Å². The molecule has 150 valence electrons. The summed E-state index contributed by atoms with van der Waals surface area (Å²) in [6, 6.07) is 0. The van der Waals surface area contributed by atoms with Crippen LogP contribution < -0.4 is 0 Å². The molecule has 1 amide bonds. The number of aromatic nitrogens is 3. The number of imidazole rings is 1. The highest BCUT2D eigenvalue weighted by Crippen LogP contribution is 2.36. The predicted molar refractivity (Wildman–Crippen MR) is 85.5 cm³/mol. The van der Waals surface area contributed by atoms with E-state index in [9.17, 15) is 26.7 Å². The SMILES string of the molecule is [2H]C([2H])(c1c(C(F)(F)F)nc2sc(COC)nn12)N1C[C@@H](CC(F)(F)Cl)CC1=O. The molecule has 1 aliphatic rings. The number of halogens is 6. The van der Waals surface area contributed by atoms with Crippen LogP contribution in [-0.2, 0) is 28.8 Å². The molecule has 0 aromatic carbocycles. The molecule has 0 bridgehead atoms. The Morgan fingerprint density at radius 2 is 2.11 bits per heavy atom. The van der Waals surface area contributed by atoms with Gasteiger partial charge in [0.15, 0.2) is 5.69 Å². The normalized spacial score (nSPS) is 20.5. The van der Waals surface area contributed by atoms with Crippen molar-refractivity contribution in [1.82, 2.24) is 19.5 Å². The minimum absolute atomic E-state index is 0.0344. The van der Waals surface area contributed by atoms with Gasteiger partial charge in [-0.15, -0.1) is 0 Å². The third-order valence-corrected chi connectivity index (χ3v) is 4.78. The second kappa shape index (κ2) is 7.13. The first kappa shape index (κ1) is 17.6. The number of likely N-dealkylation sites (tertiary alicyclic amines) is 1. The van der Waals surface area contributed by atoms with Gasteiger partial charge in [-0.25, -0.2) is 9.50 Å². The zero-order valence-electron chi connectivity index (χ0n) is 15.7. The van der Waals surface area contributed by atoms with E-state index in [0.29, 0.717) is 9.42 Å². The number of nitrogens with zero attached hydrogens (tertiary/aromatic N) is 4. The van der Waals surface area contributed by atoms with E-state index in [1.807, 2.05) is 0 Å². The average Bonchev–Trinajstić information content (AvgIpc) is 3.17. The van der Waals surface area contributed by atoms with Gasteiger partial charge in [0.25, 0.3) is 0 Å². The molecular weight excluding hydrogens is 419 g/mol. The fourth-order valence-corrected chi connectivity index (χ4v) is 3.83. The molecule has 0 saturated carbocycles. The van der Waals surface area contributed by atoms with Crippen LogP contribution in [0.2, 0.25) is 0 Å². The molecule has 1 saturated heterocycles. The van der Waals surface area contributed by atoms with Crippen LogP contribution in [0.1, 0.15) is 32.0 Å². The highest BCUT2D eigenvalue weighted by atomic mass is 35.5. The molecule has 27 heavy (non-hydrogen) atoms. The molecule has 2 aromatic rings. The van der Waals surface area contributed by atoms with E-state index in [4.69, 9.17) is 19.1 Å². The maximum Gasteiger partial charge on any atom is 0.435 e. The summed E-state index contributed by atoms with van der Waals surface area (Å²) in [5.74, 6) is -1.92. The van der Waals surface area contributed by atoms with Gasteiger partial charge in [0.2, 0.25) is 10.9 Å². The molecule has 1 aliphatic heterocycles. The Kier molecular flexibility index (Phi) is 4.64. The van der Waals surface area contributed by atoms with Crippen LogP contribution in [0, 0.1) is 5.92 Å². The first-order valence-corrected chi connectivity index (χ1v) is 8.75. The van der Waals surface area contributed by atoms with Crippen LogP contribution in [0.25, 0.3) is 4.96 Å². The summed E-state index contributed by atoms with van der Waals surface area (Å²) in [6.45, 7) is -3.56. The molecule has 0 aliphatic carbocycles. The van der Waals surface area contributed by atoms with Crippen LogP contribution in [0.15, 0.2) is 0 Å². The van der Waals surface area contributed by atoms with Gasteiger partial charge in [0, 0.05) is 26.5 Å². The van der Waals surface area contributed by atoms with Gasteiger partial charge in [-0.05, 0) is 17.5 Å². The van der Waals surface area contributed by atoms with Gasteiger partial charge in [0.1, 0.15) is 5.01 Å². The van der Waals surface area contributed by atoms with Gasteiger partial charge in [-0.3, -0.25) is 4.79 Å². The van der Waals surface area contributed by atoms with Crippen molar-refractivity contribution in [3.05, 3.63) is 16.4 Å². The van der Waals surface area contributed by atoms with E-state index in [2.05, 4.69) is 10.1 Å². The third kappa shape index (κ3) is 4.49. The molecule has 1 atom stereocenters. The molecule has 0 unspecified atom stereocenters. The lowest BCUT2D eigenvalue weighted by Gasteiger charge is -2.18. The largest absolute Gasteiger partial charge is 0.435 e. The fourth-order valence-electron chi connectivity index (χ4n) is 2.75. The van der Waals surface area contributed by atoms with Crippen LogP contribution in [-0.4, -0.2) is 44.4 Å². The molecule has 0 spiro atoms. The molecule has 2 aromatic heterocycles. The molecule has 6 nitrogen and oxygen atoms in total. The van der Waals surface area contributed by atoms with Crippen LogP contribution in [0.3, 0.4) is 0 Å². The first-order valence-electron chi connectivity index (χ1n) is 8.56. The zero-order valence-corrected chi connectivity index (χ0v) is 15.3. The Balaban J connectivity index is 2.06. The average molecular weight is 435 g/mol. The second-order valence-corrected chi connectivity index (χ2v) is 7.53. The number of fused-ring (bicyclic) bond motifs is 1. The van der Waals surface area contributed by atoms with Crippen molar-refractivity contribution in [1.29, 1.82) is 0 Å². The zero-order chi connectivity index (χ0) is 21.8. The minimum atomic E-state index is -5.02. The standard InChI is InChI=1S/C14H14ClF5N4O2S/c1-26-6-9-22-24-8(11(14(18,19)20)21-12(24)27-9)5-23-4-7(2-10(23)25)3-13(15,16)17/h7H,2-6H2,1H3/t7-/m1/s1/i5D2. The highest BCUT2D eigenvalue weighted by molar-refractivity contribution is 7.16. The van der Waals surface area contributed by atoms with Gasteiger partial charge >= 0.3 is 11.6 Å². The smallest absolute Gasteiger partial charge is 0.377 e. The summed E-state index contributed by atoms with van der Waals surface area (Å²) in [7, 11) is 1.35. The van der Waals surface area contributed by atoms with E-state index in [-0.39, 0.29) is 16.6 Å². The Bertz CT molecular complexity index is 930. The summed E-state index contributed by atoms with van der Waals surface area (Å²) in [5, 5.41) is 0.538. The van der Waals surface area contributed by atoms with Crippen molar-refractivity contribution < 1.29 is 34.2 Å². The maximum atomic E-state index is 13.5. The lowest BCUT2D eigenvalue weighted by atomic mass is 10.1. The fraction of sp³-hybridized carbons (Fsp3) is 0.643. The summed E-state index contributed by atoms with van der Waals surface area (Å²) in [5.41, 5.74) is -2.53. The monoisotopic (exact) mass is 434 g/mol. The van der Waals surface area contributed by atoms with Gasteiger partial charge in [-0.1, -0.05) is 11.3 Å². The van der Waals surface area contributed by atoms with E-state index >= 15 is 0 Å². The van der Waals surface area contributed by atoms with Gasteiger partial charge < -0.3 is 9.64 Å². The number of hydrogen-bond acceptors (Lipinski definition) is 5.